The number of carbonyl (C=O) groups excluding carboxylic acids is 2. The minimum atomic E-state index is -0.337. The molecule has 164 valence electrons. The minimum absolute atomic E-state index is 0.103. The normalized spacial score (nSPS) is 20.5. The second-order valence-electron chi connectivity index (χ2n) is 8.36. The number of hydrogen-bond donors (Lipinski definition) is 0. The van der Waals surface area contributed by atoms with Crippen LogP contribution in [0, 0.1) is 5.92 Å². The van der Waals surface area contributed by atoms with Gasteiger partial charge in [0, 0.05) is 5.02 Å². The summed E-state index contributed by atoms with van der Waals surface area (Å²) in [6.45, 7) is 4.24. The number of imide groups is 1. The third-order valence-corrected chi connectivity index (χ3v) is 6.63. The number of benzene rings is 2. The number of halogens is 1. The maximum atomic E-state index is 13.1. The largest absolute Gasteiger partial charge is 0.494 e. The first-order valence-electron chi connectivity index (χ1n) is 11.1. The maximum Gasteiger partial charge on any atom is 0.251 e. The zero-order valence-corrected chi connectivity index (χ0v) is 18.7. The smallest absolute Gasteiger partial charge is 0.251 e. The van der Waals surface area contributed by atoms with Crippen molar-refractivity contribution < 1.29 is 14.3 Å². The molecule has 0 radical (unpaired) electrons. The van der Waals surface area contributed by atoms with Gasteiger partial charge >= 0.3 is 0 Å². The average molecular weight is 441 g/mol. The van der Waals surface area contributed by atoms with Crippen molar-refractivity contribution in [3.05, 3.63) is 59.1 Å². The zero-order valence-electron chi connectivity index (χ0n) is 17.9. The second kappa shape index (κ2) is 9.84. The summed E-state index contributed by atoms with van der Waals surface area (Å²) in [5.74, 6) is 1.17. The molecule has 2 aliphatic rings. The van der Waals surface area contributed by atoms with Crippen LogP contribution >= 0.6 is 11.6 Å². The van der Waals surface area contributed by atoms with E-state index in [2.05, 4.69) is 17.0 Å². The van der Waals surface area contributed by atoms with Crippen molar-refractivity contribution in [3.63, 3.8) is 0 Å². The molecular formula is C25H29ClN2O3. The number of nitrogens with zero attached hydrogens (tertiary/aromatic N) is 2. The molecule has 0 aromatic heterocycles. The van der Waals surface area contributed by atoms with E-state index in [9.17, 15) is 9.59 Å². The van der Waals surface area contributed by atoms with E-state index in [1.54, 1.807) is 24.3 Å². The summed E-state index contributed by atoms with van der Waals surface area (Å²) in [6.07, 6.45) is 4.59. The Morgan fingerprint density at radius 2 is 1.68 bits per heavy atom. The van der Waals surface area contributed by atoms with Gasteiger partial charge in [-0.2, -0.15) is 0 Å². The van der Waals surface area contributed by atoms with Gasteiger partial charge in [-0.15, -0.1) is 0 Å². The zero-order chi connectivity index (χ0) is 21.8. The van der Waals surface area contributed by atoms with Gasteiger partial charge in [0.2, 0.25) is 5.91 Å². The van der Waals surface area contributed by atoms with Gasteiger partial charge in [-0.3, -0.25) is 14.5 Å². The lowest BCUT2D eigenvalue weighted by Crippen LogP contribution is -2.46. The Kier molecular flexibility index (Phi) is 6.93. The number of anilines is 1. The lowest BCUT2D eigenvalue weighted by atomic mass is 9.90. The van der Waals surface area contributed by atoms with Crippen molar-refractivity contribution in [2.75, 3.05) is 24.6 Å². The number of rotatable bonds is 7. The topological polar surface area (TPSA) is 49.9 Å². The van der Waals surface area contributed by atoms with Gasteiger partial charge in [0.1, 0.15) is 5.75 Å². The average Bonchev–Trinajstić information content (AvgIpc) is 3.08. The molecule has 0 spiro atoms. The van der Waals surface area contributed by atoms with Crippen molar-refractivity contribution in [1.82, 2.24) is 4.90 Å². The summed E-state index contributed by atoms with van der Waals surface area (Å²) < 4.78 is 5.45. The SMILES string of the molecule is CCOc1ccc(N2C(=O)C[C@@H](N3CCC(CCc4ccc(Cl)cc4)CC3)C2=O)cc1. The molecule has 2 amide bonds. The molecule has 4 rings (SSSR count). The molecule has 0 N–H and O–H groups in total. The van der Waals surface area contributed by atoms with Crippen LogP contribution in [0.15, 0.2) is 48.5 Å². The van der Waals surface area contributed by atoms with E-state index < -0.39 is 0 Å². The highest BCUT2D eigenvalue weighted by Gasteiger charge is 2.43. The molecule has 0 unspecified atom stereocenters. The van der Waals surface area contributed by atoms with Crippen LogP contribution < -0.4 is 9.64 Å². The molecule has 2 saturated heterocycles. The standard InChI is InChI=1S/C25H29ClN2O3/c1-2-31-22-11-9-21(10-12-22)28-24(29)17-23(25(28)30)27-15-13-19(14-16-27)4-3-18-5-7-20(26)8-6-18/h5-12,19,23H,2-4,13-17H2,1H3/t23-/m1/s1. The monoisotopic (exact) mass is 440 g/mol. The fourth-order valence-electron chi connectivity index (χ4n) is 4.61. The van der Waals surface area contributed by atoms with E-state index in [4.69, 9.17) is 16.3 Å². The molecular weight excluding hydrogens is 412 g/mol. The van der Waals surface area contributed by atoms with Crippen molar-refractivity contribution in [3.8, 4) is 5.75 Å². The summed E-state index contributed by atoms with van der Waals surface area (Å²) in [4.78, 5) is 29.2. The van der Waals surface area contributed by atoms with E-state index in [1.807, 2.05) is 19.1 Å². The molecule has 6 heteroatoms. The van der Waals surface area contributed by atoms with Gasteiger partial charge in [0.05, 0.1) is 24.8 Å². The molecule has 2 fully saturated rings. The predicted octanol–water partition coefficient (Wildman–Crippen LogP) is 4.72. The Labute approximate surface area is 188 Å². The van der Waals surface area contributed by atoms with Crippen LogP contribution in [0.25, 0.3) is 0 Å². The van der Waals surface area contributed by atoms with Crippen LogP contribution in [0.4, 0.5) is 5.69 Å². The molecule has 2 aromatic carbocycles. The molecule has 0 bridgehead atoms. The van der Waals surface area contributed by atoms with Crippen LogP contribution in [-0.2, 0) is 16.0 Å². The van der Waals surface area contributed by atoms with Crippen LogP contribution in [-0.4, -0.2) is 42.5 Å². The predicted molar refractivity (Wildman–Crippen MR) is 123 cm³/mol. The molecule has 1 atom stereocenters. The van der Waals surface area contributed by atoms with Gasteiger partial charge < -0.3 is 4.74 Å². The summed E-state index contributed by atoms with van der Waals surface area (Å²) in [5.41, 5.74) is 1.94. The van der Waals surface area contributed by atoms with Crippen molar-refractivity contribution >= 4 is 29.1 Å². The highest BCUT2D eigenvalue weighted by molar-refractivity contribution is 6.30. The summed E-state index contributed by atoms with van der Waals surface area (Å²) >= 11 is 5.96. The first-order valence-corrected chi connectivity index (χ1v) is 11.5. The van der Waals surface area contributed by atoms with Crippen LogP contribution in [0.1, 0.15) is 38.2 Å². The van der Waals surface area contributed by atoms with Gasteiger partial charge in [-0.25, -0.2) is 4.90 Å². The lowest BCUT2D eigenvalue weighted by Gasteiger charge is -2.34. The van der Waals surface area contributed by atoms with Gasteiger partial charge in [0.15, 0.2) is 0 Å². The molecule has 5 nitrogen and oxygen atoms in total. The third kappa shape index (κ3) is 5.10. The molecule has 2 aliphatic heterocycles. The Balaban J connectivity index is 1.31. The summed E-state index contributed by atoms with van der Waals surface area (Å²) in [7, 11) is 0. The molecule has 0 aliphatic carbocycles. The van der Waals surface area contributed by atoms with Crippen molar-refractivity contribution in [2.45, 2.75) is 45.1 Å². The molecule has 31 heavy (non-hydrogen) atoms. The van der Waals surface area contributed by atoms with Crippen LogP contribution in [0.5, 0.6) is 5.75 Å². The third-order valence-electron chi connectivity index (χ3n) is 6.37. The summed E-state index contributed by atoms with van der Waals surface area (Å²) in [5, 5.41) is 0.770. The molecule has 2 aromatic rings. The number of amides is 2. The van der Waals surface area contributed by atoms with E-state index in [1.165, 1.54) is 10.5 Å². The highest BCUT2D eigenvalue weighted by Crippen LogP contribution is 2.30. The van der Waals surface area contributed by atoms with Crippen molar-refractivity contribution in [1.29, 1.82) is 0 Å². The van der Waals surface area contributed by atoms with E-state index >= 15 is 0 Å². The number of aryl methyl sites for hydroxylation is 1. The van der Waals surface area contributed by atoms with Crippen molar-refractivity contribution in [2.24, 2.45) is 5.92 Å². The van der Waals surface area contributed by atoms with Crippen LogP contribution in [0.2, 0.25) is 5.02 Å². The lowest BCUT2D eigenvalue weighted by molar-refractivity contribution is -0.123. The Morgan fingerprint density at radius 1 is 1.00 bits per heavy atom. The number of carbonyl (C=O) groups is 2. The fraction of sp³-hybridized carbons (Fsp3) is 0.440. The number of piperidine rings is 1. The van der Waals surface area contributed by atoms with Crippen LogP contribution in [0.3, 0.4) is 0 Å². The van der Waals surface area contributed by atoms with E-state index in [-0.39, 0.29) is 24.3 Å². The maximum absolute atomic E-state index is 13.1. The van der Waals surface area contributed by atoms with E-state index in [0.717, 1.165) is 49.5 Å². The molecule has 2 heterocycles. The second-order valence-corrected chi connectivity index (χ2v) is 8.80. The minimum Gasteiger partial charge on any atom is -0.494 e. The quantitative estimate of drug-likeness (QED) is 0.585. The summed E-state index contributed by atoms with van der Waals surface area (Å²) in [6, 6.07) is 14.9. The Morgan fingerprint density at radius 3 is 2.32 bits per heavy atom. The highest BCUT2D eigenvalue weighted by atomic mass is 35.5. The first kappa shape index (κ1) is 21.8. The number of hydrogen-bond acceptors (Lipinski definition) is 4. The Hall–Kier alpha value is -2.37. The first-order chi connectivity index (χ1) is 15.0. The molecule has 0 saturated carbocycles. The van der Waals surface area contributed by atoms with Gasteiger partial charge in [-0.05, 0) is 93.6 Å². The Bertz CT molecular complexity index is 905. The van der Waals surface area contributed by atoms with E-state index in [0.29, 0.717) is 18.2 Å². The fourth-order valence-corrected chi connectivity index (χ4v) is 4.73. The number of likely N-dealkylation sites (tertiary alicyclic amines) is 1. The number of ether oxygens (including phenoxy) is 1. The van der Waals surface area contributed by atoms with Gasteiger partial charge in [0.25, 0.3) is 5.91 Å². The van der Waals surface area contributed by atoms with Gasteiger partial charge in [-0.1, -0.05) is 23.7 Å².